The molecule has 0 aliphatic carbocycles. The van der Waals surface area contributed by atoms with Crippen LogP contribution in [0.25, 0.3) is 0 Å². The van der Waals surface area contributed by atoms with Gasteiger partial charge in [-0.15, -0.1) is 11.3 Å². The second-order valence-electron chi connectivity index (χ2n) is 4.27. The van der Waals surface area contributed by atoms with Crippen molar-refractivity contribution < 1.29 is 4.79 Å². The Bertz CT molecular complexity index is 556. The Labute approximate surface area is 110 Å². The summed E-state index contributed by atoms with van der Waals surface area (Å²) in [5, 5.41) is 9.70. The summed E-state index contributed by atoms with van der Waals surface area (Å²) in [4.78, 5) is 14.1. The number of nitrogens with one attached hydrogen (secondary N) is 2. The number of aromatic amines is 1. The number of nitrogens with zero attached hydrogens (tertiary/aromatic N) is 1. The molecule has 0 fully saturated rings. The summed E-state index contributed by atoms with van der Waals surface area (Å²) >= 11 is 1.57. The average molecular weight is 263 g/mol. The number of hydrogen-bond acceptors (Lipinski definition) is 3. The molecule has 0 spiro atoms. The summed E-state index contributed by atoms with van der Waals surface area (Å²) in [5.74, 6) is -0.0107. The Morgan fingerprint density at radius 2 is 2.28 bits per heavy atom. The fraction of sp³-hybridized carbons (Fsp3) is 0.385. The maximum atomic E-state index is 12.0. The lowest BCUT2D eigenvalue weighted by Crippen LogP contribution is -2.21. The minimum absolute atomic E-state index is 0.0107. The highest BCUT2D eigenvalue weighted by Gasteiger charge is 2.11. The Balaban J connectivity index is 2.01. The Kier molecular flexibility index (Phi) is 3.81. The molecule has 96 valence electrons. The second-order valence-corrected chi connectivity index (χ2v) is 5.41. The molecule has 0 atom stereocenters. The first-order valence-electron chi connectivity index (χ1n) is 5.98. The maximum absolute atomic E-state index is 12.0. The number of thiophene rings is 1. The third-order valence-corrected chi connectivity index (χ3v) is 4.32. The number of carbonyl (C=O) groups is 1. The van der Waals surface area contributed by atoms with Gasteiger partial charge in [-0.2, -0.15) is 5.10 Å². The van der Waals surface area contributed by atoms with Gasteiger partial charge in [0.1, 0.15) is 0 Å². The van der Waals surface area contributed by atoms with Crippen LogP contribution in [0, 0.1) is 13.8 Å². The van der Waals surface area contributed by atoms with Crippen LogP contribution in [0.2, 0.25) is 0 Å². The van der Waals surface area contributed by atoms with Gasteiger partial charge in [0.25, 0.3) is 5.91 Å². The highest BCUT2D eigenvalue weighted by Crippen LogP contribution is 2.22. The van der Waals surface area contributed by atoms with Crippen LogP contribution in [0.3, 0.4) is 0 Å². The van der Waals surface area contributed by atoms with Gasteiger partial charge in [0, 0.05) is 22.7 Å². The van der Waals surface area contributed by atoms with Crippen LogP contribution in [0.15, 0.2) is 12.3 Å². The van der Waals surface area contributed by atoms with Gasteiger partial charge in [-0.3, -0.25) is 9.89 Å². The Morgan fingerprint density at radius 1 is 1.50 bits per heavy atom. The minimum Gasteiger partial charge on any atom is -0.347 e. The van der Waals surface area contributed by atoms with E-state index in [9.17, 15) is 4.79 Å². The fourth-order valence-electron chi connectivity index (χ4n) is 1.80. The van der Waals surface area contributed by atoms with E-state index in [1.54, 1.807) is 17.5 Å². The van der Waals surface area contributed by atoms with Crippen LogP contribution >= 0.6 is 11.3 Å². The van der Waals surface area contributed by atoms with E-state index in [1.165, 1.54) is 10.4 Å². The normalized spacial score (nSPS) is 10.6. The number of H-pyrrole nitrogens is 1. The lowest BCUT2D eigenvalue weighted by molar-refractivity contribution is 0.0955. The van der Waals surface area contributed by atoms with Crippen molar-refractivity contribution in [2.24, 2.45) is 0 Å². The topological polar surface area (TPSA) is 57.8 Å². The number of aromatic nitrogens is 2. The lowest BCUT2D eigenvalue weighted by Gasteiger charge is -2.02. The quantitative estimate of drug-likeness (QED) is 0.890. The number of carbonyl (C=O) groups excluding carboxylic acids is 1. The monoisotopic (exact) mass is 263 g/mol. The van der Waals surface area contributed by atoms with E-state index < -0.39 is 0 Å². The summed E-state index contributed by atoms with van der Waals surface area (Å²) < 4.78 is 0. The predicted molar refractivity (Wildman–Crippen MR) is 72.9 cm³/mol. The van der Waals surface area contributed by atoms with E-state index in [0.29, 0.717) is 6.54 Å². The van der Waals surface area contributed by atoms with E-state index in [0.717, 1.165) is 22.6 Å². The van der Waals surface area contributed by atoms with Crippen molar-refractivity contribution in [3.05, 3.63) is 38.8 Å². The molecule has 2 heterocycles. The molecule has 0 saturated carbocycles. The molecule has 0 aliphatic rings. The van der Waals surface area contributed by atoms with Gasteiger partial charge in [-0.25, -0.2) is 0 Å². The van der Waals surface area contributed by atoms with E-state index in [-0.39, 0.29) is 5.91 Å². The molecule has 0 aliphatic heterocycles. The number of hydrogen-bond donors (Lipinski definition) is 2. The summed E-state index contributed by atoms with van der Waals surface area (Å²) in [7, 11) is 0. The molecule has 0 unspecified atom stereocenters. The molecule has 0 saturated heterocycles. The zero-order chi connectivity index (χ0) is 13.1. The molecule has 5 heteroatoms. The van der Waals surface area contributed by atoms with Crippen molar-refractivity contribution in [3.63, 3.8) is 0 Å². The Hall–Kier alpha value is -1.62. The van der Waals surface area contributed by atoms with Crippen LogP contribution in [-0.4, -0.2) is 16.1 Å². The molecule has 0 radical (unpaired) electrons. The smallest absolute Gasteiger partial charge is 0.261 e. The van der Waals surface area contributed by atoms with Crippen molar-refractivity contribution in [2.75, 3.05) is 0 Å². The van der Waals surface area contributed by atoms with E-state index in [2.05, 4.69) is 22.4 Å². The summed E-state index contributed by atoms with van der Waals surface area (Å²) in [6, 6.07) is 1.96. The van der Waals surface area contributed by atoms with Crippen LogP contribution in [0.5, 0.6) is 0 Å². The van der Waals surface area contributed by atoms with Gasteiger partial charge in [0.2, 0.25) is 0 Å². The molecule has 4 nitrogen and oxygen atoms in total. The second kappa shape index (κ2) is 5.35. The predicted octanol–water partition coefficient (Wildman–Crippen LogP) is 2.58. The molecule has 2 aromatic rings. The number of amides is 1. The van der Waals surface area contributed by atoms with Crippen molar-refractivity contribution in [3.8, 4) is 0 Å². The third kappa shape index (κ3) is 2.61. The van der Waals surface area contributed by atoms with Gasteiger partial charge in [0.05, 0.1) is 11.1 Å². The minimum atomic E-state index is -0.0107. The van der Waals surface area contributed by atoms with Crippen molar-refractivity contribution >= 4 is 17.2 Å². The first kappa shape index (κ1) is 12.8. The van der Waals surface area contributed by atoms with Crippen LogP contribution in [0.4, 0.5) is 0 Å². The van der Waals surface area contributed by atoms with Crippen molar-refractivity contribution in [1.82, 2.24) is 15.5 Å². The van der Waals surface area contributed by atoms with Gasteiger partial charge < -0.3 is 5.32 Å². The first-order valence-corrected chi connectivity index (χ1v) is 6.79. The molecule has 2 aromatic heterocycles. The molecule has 1 amide bonds. The molecule has 0 aromatic carbocycles. The Morgan fingerprint density at radius 3 is 2.83 bits per heavy atom. The standard InChI is InChI=1S/C13H17N3OS/c1-4-11-8(2)5-12(18-11)13(17)14-6-10-7-15-16-9(10)3/h5,7H,4,6H2,1-3H3,(H,14,17)(H,15,16). The lowest BCUT2D eigenvalue weighted by atomic mass is 10.2. The molecular weight excluding hydrogens is 246 g/mol. The summed E-state index contributed by atoms with van der Waals surface area (Å²) in [6.45, 7) is 6.61. The molecule has 0 bridgehead atoms. The van der Waals surface area contributed by atoms with Crippen LogP contribution < -0.4 is 5.32 Å². The summed E-state index contributed by atoms with van der Waals surface area (Å²) in [5.41, 5.74) is 3.21. The van der Waals surface area contributed by atoms with Gasteiger partial charge >= 0.3 is 0 Å². The first-order chi connectivity index (χ1) is 8.61. The van der Waals surface area contributed by atoms with Crippen molar-refractivity contribution in [2.45, 2.75) is 33.7 Å². The molecular formula is C13H17N3OS. The van der Waals surface area contributed by atoms with Crippen LogP contribution in [-0.2, 0) is 13.0 Å². The molecule has 2 N–H and O–H groups in total. The number of aryl methyl sites for hydroxylation is 3. The third-order valence-electron chi connectivity index (χ3n) is 2.94. The largest absolute Gasteiger partial charge is 0.347 e. The van der Waals surface area contributed by atoms with Crippen molar-refractivity contribution in [1.29, 1.82) is 0 Å². The highest BCUT2D eigenvalue weighted by molar-refractivity contribution is 7.14. The SMILES string of the molecule is CCc1sc(C(=O)NCc2cn[nH]c2C)cc1C. The molecule has 2 rings (SSSR count). The zero-order valence-corrected chi connectivity index (χ0v) is 11.6. The van der Waals surface area contributed by atoms with E-state index in [1.807, 2.05) is 19.9 Å². The average Bonchev–Trinajstić information content (AvgIpc) is 2.92. The van der Waals surface area contributed by atoms with E-state index >= 15 is 0 Å². The number of rotatable bonds is 4. The highest BCUT2D eigenvalue weighted by atomic mass is 32.1. The zero-order valence-electron chi connectivity index (χ0n) is 10.8. The maximum Gasteiger partial charge on any atom is 0.261 e. The van der Waals surface area contributed by atoms with Gasteiger partial charge in [-0.1, -0.05) is 6.92 Å². The molecule has 18 heavy (non-hydrogen) atoms. The van der Waals surface area contributed by atoms with E-state index in [4.69, 9.17) is 0 Å². The fourth-order valence-corrected chi connectivity index (χ4v) is 2.83. The van der Waals surface area contributed by atoms with Gasteiger partial charge in [-0.05, 0) is 31.9 Å². The van der Waals surface area contributed by atoms with Gasteiger partial charge in [0.15, 0.2) is 0 Å². The summed E-state index contributed by atoms with van der Waals surface area (Å²) in [6.07, 6.45) is 2.72. The van der Waals surface area contributed by atoms with Crippen LogP contribution in [0.1, 0.15) is 38.3 Å².